The third-order valence-electron chi connectivity index (χ3n) is 3.34. The lowest BCUT2D eigenvalue weighted by Crippen LogP contribution is -2.43. The lowest BCUT2D eigenvalue weighted by molar-refractivity contribution is 0.645. The van der Waals surface area contributed by atoms with Crippen molar-refractivity contribution in [1.29, 1.82) is 0 Å². The molecule has 5 heteroatoms. The van der Waals surface area contributed by atoms with E-state index in [1.807, 2.05) is 18.4 Å². The number of anilines is 1. The van der Waals surface area contributed by atoms with Gasteiger partial charge in [-0.15, -0.1) is 11.3 Å². The Morgan fingerprint density at radius 2 is 2.17 bits per heavy atom. The zero-order chi connectivity index (χ0) is 13.3. The highest BCUT2D eigenvalue weighted by atomic mass is 32.2. The van der Waals surface area contributed by atoms with Gasteiger partial charge >= 0.3 is 0 Å². The third kappa shape index (κ3) is 3.00. The van der Waals surface area contributed by atoms with Gasteiger partial charge in [-0.2, -0.15) is 11.8 Å². The van der Waals surface area contributed by atoms with Crippen LogP contribution >= 0.6 is 23.1 Å². The minimum atomic E-state index is 0.340. The van der Waals surface area contributed by atoms with Crippen LogP contribution in [0.1, 0.15) is 37.4 Å². The largest absolute Gasteiger partial charge is 0.346 e. The number of nitrogens with one attached hydrogen (secondary N) is 1. The molecule has 1 aliphatic rings. The van der Waals surface area contributed by atoms with E-state index in [2.05, 4.69) is 49.7 Å². The molecule has 2 heterocycles. The number of thioether (sulfide) groups is 1. The number of hydrogen-bond donors (Lipinski definition) is 1. The van der Waals surface area contributed by atoms with Crippen LogP contribution in [0.3, 0.4) is 0 Å². The second-order valence-electron chi connectivity index (χ2n) is 5.49. The first kappa shape index (κ1) is 14.2. The lowest BCUT2D eigenvalue weighted by atomic mass is 10.2. The first-order chi connectivity index (χ1) is 8.43. The SMILES string of the molecule is CNC(C)c1sc(N2CCSC(C)(C)C2)nc1C. The van der Waals surface area contributed by atoms with Gasteiger partial charge in [0.2, 0.25) is 0 Å². The van der Waals surface area contributed by atoms with Gasteiger partial charge in [0.05, 0.1) is 5.69 Å². The quantitative estimate of drug-likeness (QED) is 0.924. The summed E-state index contributed by atoms with van der Waals surface area (Å²) in [7, 11) is 2.00. The number of aromatic nitrogens is 1. The molecule has 1 saturated heterocycles. The molecule has 1 aromatic heterocycles. The van der Waals surface area contributed by atoms with Crippen molar-refractivity contribution in [3.63, 3.8) is 0 Å². The predicted molar refractivity (Wildman–Crippen MR) is 83.1 cm³/mol. The van der Waals surface area contributed by atoms with E-state index in [0.717, 1.165) is 13.1 Å². The molecular weight excluding hydrogens is 262 g/mol. The maximum atomic E-state index is 4.76. The summed E-state index contributed by atoms with van der Waals surface area (Å²) in [4.78, 5) is 8.57. The Bertz CT molecular complexity index is 414. The highest BCUT2D eigenvalue weighted by Gasteiger charge is 2.29. The van der Waals surface area contributed by atoms with Crippen LogP contribution in [0.5, 0.6) is 0 Å². The van der Waals surface area contributed by atoms with E-state index in [9.17, 15) is 0 Å². The van der Waals surface area contributed by atoms with E-state index in [1.54, 1.807) is 0 Å². The minimum absolute atomic E-state index is 0.340. The monoisotopic (exact) mass is 285 g/mol. The third-order valence-corrected chi connectivity index (χ3v) is 6.04. The molecule has 18 heavy (non-hydrogen) atoms. The molecule has 1 aromatic rings. The van der Waals surface area contributed by atoms with Crippen molar-refractivity contribution < 1.29 is 0 Å². The predicted octanol–water partition coefficient (Wildman–Crippen LogP) is 3.06. The average molecular weight is 285 g/mol. The van der Waals surface area contributed by atoms with Gasteiger partial charge in [0, 0.05) is 34.5 Å². The van der Waals surface area contributed by atoms with Gasteiger partial charge in [-0.3, -0.25) is 0 Å². The fraction of sp³-hybridized carbons (Fsp3) is 0.769. The van der Waals surface area contributed by atoms with Crippen molar-refractivity contribution in [2.24, 2.45) is 0 Å². The Morgan fingerprint density at radius 1 is 1.44 bits per heavy atom. The molecule has 102 valence electrons. The van der Waals surface area contributed by atoms with E-state index in [-0.39, 0.29) is 0 Å². The summed E-state index contributed by atoms with van der Waals surface area (Å²) in [5, 5.41) is 4.49. The topological polar surface area (TPSA) is 28.2 Å². The first-order valence-electron chi connectivity index (χ1n) is 6.46. The van der Waals surface area contributed by atoms with Gasteiger partial charge in [0.15, 0.2) is 5.13 Å². The lowest BCUT2D eigenvalue weighted by Gasteiger charge is -2.37. The number of nitrogens with zero attached hydrogens (tertiary/aromatic N) is 2. The van der Waals surface area contributed by atoms with E-state index in [1.165, 1.54) is 21.5 Å². The maximum absolute atomic E-state index is 4.76. The molecule has 0 aliphatic carbocycles. The van der Waals surface area contributed by atoms with E-state index in [0.29, 0.717) is 10.8 Å². The second-order valence-corrected chi connectivity index (χ2v) is 8.30. The van der Waals surface area contributed by atoms with Crippen molar-refractivity contribution in [3.05, 3.63) is 10.6 Å². The van der Waals surface area contributed by atoms with Crippen LogP contribution in [-0.2, 0) is 0 Å². The minimum Gasteiger partial charge on any atom is -0.346 e. The van der Waals surface area contributed by atoms with E-state index < -0.39 is 0 Å². The van der Waals surface area contributed by atoms with Gasteiger partial charge in [-0.05, 0) is 34.7 Å². The molecule has 0 aromatic carbocycles. The molecule has 0 saturated carbocycles. The zero-order valence-corrected chi connectivity index (χ0v) is 13.5. The zero-order valence-electron chi connectivity index (χ0n) is 11.9. The molecule has 2 rings (SSSR count). The summed E-state index contributed by atoms with van der Waals surface area (Å²) >= 11 is 3.91. The maximum Gasteiger partial charge on any atom is 0.185 e. The number of aryl methyl sites for hydroxylation is 1. The fourth-order valence-electron chi connectivity index (χ4n) is 2.24. The average Bonchev–Trinajstić information content (AvgIpc) is 2.69. The highest BCUT2D eigenvalue weighted by Crippen LogP contribution is 2.36. The summed E-state index contributed by atoms with van der Waals surface area (Å²) in [5.41, 5.74) is 1.17. The van der Waals surface area contributed by atoms with Gasteiger partial charge in [0.25, 0.3) is 0 Å². The smallest absolute Gasteiger partial charge is 0.185 e. The Labute approximate surface area is 118 Å². The molecule has 0 bridgehead atoms. The molecule has 3 nitrogen and oxygen atoms in total. The molecule has 1 aliphatic heterocycles. The molecule has 0 spiro atoms. The first-order valence-corrected chi connectivity index (χ1v) is 8.26. The number of rotatable bonds is 3. The molecule has 1 N–H and O–H groups in total. The van der Waals surface area contributed by atoms with Crippen molar-refractivity contribution in [2.45, 2.75) is 38.5 Å². The normalized spacial score (nSPS) is 21.1. The molecule has 1 unspecified atom stereocenters. The van der Waals surface area contributed by atoms with Crippen molar-refractivity contribution >= 4 is 28.2 Å². The summed E-state index contributed by atoms with van der Waals surface area (Å²) in [6, 6.07) is 0.392. The Morgan fingerprint density at radius 3 is 2.78 bits per heavy atom. The van der Waals surface area contributed by atoms with Gasteiger partial charge < -0.3 is 10.2 Å². The molecule has 0 radical (unpaired) electrons. The number of hydrogen-bond acceptors (Lipinski definition) is 5. The van der Waals surface area contributed by atoms with Crippen LogP contribution in [0.25, 0.3) is 0 Å². The Hall–Kier alpha value is -0.260. The summed E-state index contributed by atoms with van der Waals surface area (Å²) in [6.07, 6.45) is 0. The van der Waals surface area contributed by atoms with Crippen LogP contribution in [0.2, 0.25) is 0 Å². The molecule has 1 fully saturated rings. The van der Waals surface area contributed by atoms with Gasteiger partial charge in [-0.25, -0.2) is 4.98 Å². The van der Waals surface area contributed by atoms with Crippen LogP contribution in [0.4, 0.5) is 5.13 Å². The van der Waals surface area contributed by atoms with Gasteiger partial charge in [-0.1, -0.05) is 0 Å². The molecule has 1 atom stereocenters. The second kappa shape index (κ2) is 5.39. The van der Waals surface area contributed by atoms with Crippen molar-refractivity contribution in [1.82, 2.24) is 10.3 Å². The summed E-state index contributed by atoms with van der Waals surface area (Å²) in [6.45, 7) is 11.2. The number of thiazole rings is 1. The molecular formula is C13H23N3S2. The summed E-state index contributed by atoms with van der Waals surface area (Å²) < 4.78 is 0.340. The molecule has 0 amide bonds. The van der Waals surface area contributed by atoms with E-state index >= 15 is 0 Å². The fourth-order valence-corrected chi connectivity index (χ4v) is 4.50. The van der Waals surface area contributed by atoms with E-state index in [4.69, 9.17) is 4.98 Å². The van der Waals surface area contributed by atoms with Crippen LogP contribution in [0, 0.1) is 6.92 Å². The van der Waals surface area contributed by atoms with Crippen molar-refractivity contribution in [3.8, 4) is 0 Å². The standard InChI is InChI=1S/C13H23N3S2/c1-9(14-5)11-10(2)15-12(18-11)16-6-7-17-13(3,4)8-16/h9,14H,6-8H2,1-5H3. The summed E-state index contributed by atoms with van der Waals surface area (Å²) in [5.74, 6) is 1.20. The highest BCUT2D eigenvalue weighted by molar-refractivity contribution is 8.00. The van der Waals surface area contributed by atoms with Gasteiger partial charge in [0.1, 0.15) is 0 Å². The van der Waals surface area contributed by atoms with Crippen LogP contribution in [0.15, 0.2) is 0 Å². The van der Waals surface area contributed by atoms with Crippen molar-refractivity contribution in [2.75, 3.05) is 30.8 Å². The Kier molecular flexibility index (Phi) is 4.24. The van der Waals surface area contributed by atoms with Crippen LogP contribution < -0.4 is 10.2 Å². The Balaban J connectivity index is 2.19. The van der Waals surface area contributed by atoms with Crippen LogP contribution in [-0.4, -0.2) is 35.6 Å².